The molecule has 0 aliphatic carbocycles. The number of anilines is 1. The number of aromatic nitrogens is 3. The standard InChI is InChI=1S/C3H2Cl2N4S2/c4-10-1-2(6)7-9-8-3(1)11-5/h(H2,6,7,8). The van der Waals surface area contributed by atoms with Crippen LogP contribution in [-0.2, 0) is 0 Å². The van der Waals surface area contributed by atoms with Gasteiger partial charge in [-0.2, -0.15) is 0 Å². The molecule has 1 heterocycles. The molecule has 8 heteroatoms. The fraction of sp³-hybridized carbons (Fsp3) is 0. The normalized spacial score (nSPS) is 10.0. The highest BCUT2D eigenvalue weighted by atomic mass is 35.7. The van der Waals surface area contributed by atoms with E-state index in [4.69, 9.17) is 27.1 Å². The van der Waals surface area contributed by atoms with E-state index in [1.807, 2.05) is 0 Å². The van der Waals surface area contributed by atoms with E-state index in [0.717, 1.165) is 22.0 Å². The minimum Gasteiger partial charge on any atom is -0.381 e. The van der Waals surface area contributed by atoms with Gasteiger partial charge in [0, 0.05) is 11.0 Å². The van der Waals surface area contributed by atoms with Crippen LogP contribution in [0.25, 0.3) is 0 Å². The largest absolute Gasteiger partial charge is 0.381 e. The lowest BCUT2D eigenvalue weighted by Gasteiger charge is -1.99. The van der Waals surface area contributed by atoms with Crippen LogP contribution < -0.4 is 5.73 Å². The van der Waals surface area contributed by atoms with E-state index in [0.29, 0.717) is 9.92 Å². The number of nitrogens with two attached hydrogens (primary N) is 1. The molecule has 4 nitrogen and oxygen atoms in total. The van der Waals surface area contributed by atoms with Crippen molar-refractivity contribution >= 4 is 49.1 Å². The molecule has 2 N–H and O–H groups in total. The highest BCUT2D eigenvalue weighted by Gasteiger charge is 2.09. The smallest absolute Gasteiger partial charge is 0.165 e. The van der Waals surface area contributed by atoms with Gasteiger partial charge in [0.25, 0.3) is 0 Å². The van der Waals surface area contributed by atoms with Gasteiger partial charge in [0.15, 0.2) is 10.8 Å². The molecule has 11 heavy (non-hydrogen) atoms. The van der Waals surface area contributed by atoms with Gasteiger partial charge in [0.05, 0.1) is 0 Å². The Labute approximate surface area is 80.2 Å². The number of nitrogens with zero attached hydrogens (tertiary/aromatic N) is 3. The van der Waals surface area contributed by atoms with Crippen molar-refractivity contribution in [1.29, 1.82) is 0 Å². The summed E-state index contributed by atoms with van der Waals surface area (Å²) < 4.78 is 0. The molecule has 1 rings (SSSR count). The second-order valence-corrected chi connectivity index (χ2v) is 3.49. The summed E-state index contributed by atoms with van der Waals surface area (Å²) in [4.78, 5) is 0.543. The predicted molar refractivity (Wildman–Crippen MR) is 47.7 cm³/mol. The molecule has 0 amide bonds. The van der Waals surface area contributed by atoms with Crippen LogP contribution in [0.3, 0.4) is 0 Å². The van der Waals surface area contributed by atoms with Gasteiger partial charge < -0.3 is 5.73 Å². The molecule has 1 aromatic rings. The third-order valence-electron chi connectivity index (χ3n) is 0.865. The Bertz CT molecular complexity index is 257. The minimum absolute atomic E-state index is 0.239. The summed E-state index contributed by atoms with van der Waals surface area (Å²) in [6, 6.07) is 0. The summed E-state index contributed by atoms with van der Waals surface area (Å²) in [5.74, 6) is 0.239. The van der Waals surface area contributed by atoms with Gasteiger partial charge in [-0.05, 0) is 37.6 Å². The van der Waals surface area contributed by atoms with Gasteiger partial charge in [-0.25, -0.2) is 0 Å². The Morgan fingerprint density at radius 3 is 2.36 bits per heavy atom. The molecule has 0 fully saturated rings. The molecule has 0 spiro atoms. The second-order valence-electron chi connectivity index (χ2n) is 1.46. The molecule has 0 aliphatic heterocycles. The molecular weight excluding hydrogens is 227 g/mol. The molecule has 0 saturated carbocycles. The number of hydrogen-bond acceptors (Lipinski definition) is 6. The fourth-order valence-corrected chi connectivity index (χ4v) is 2.21. The van der Waals surface area contributed by atoms with Crippen molar-refractivity contribution in [2.45, 2.75) is 9.92 Å². The third-order valence-corrected chi connectivity index (χ3v) is 2.88. The molecule has 1 aromatic heterocycles. The Morgan fingerprint density at radius 2 is 1.91 bits per heavy atom. The summed E-state index contributed by atoms with van der Waals surface area (Å²) >= 11 is 0. The van der Waals surface area contributed by atoms with E-state index in [9.17, 15) is 0 Å². The molecule has 60 valence electrons. The number of hydrogen-bond donors (Lipinski definition) is 1. The first-order chi connectivity index (χ1) is 5.29. The molecule has 0 aliphatic rings. The molecule has 0 aromatic carbocycles. The third kappa shape index (κ3) is 2.02. The van der Waals surface area contributed by atoms with E-state index in [1.165, 1.54) is 0 Å². The van der Waals surface area contributed by atoms with Crippen LogP contribution in [0.2, 0.25) is 0 Å². The van der Waals surface area contributed by atoms with Gasteiger partial charge in [-0.3, -0.25) is 0 Å². The summed E-state index contributed by atoms with van der Waals surface area (Å²) in [7, 11) is 12.7. The SMILES string of the molecule is Nc1nnnc(SCl)c1SCl. The lowest BCUT2D eigenvalue weighted by atomic mass is 10.6. The average Bonchev–Trinajstić information content (AvgIpc) is 2.04. The second kappa shape index (κ2) is 4.20. The van der Waals surface area contributed by atoms with Crippen LogP contribution in [0.1, 0.15) is 0 Å². The number of halogens is 2. The summed E-state index contributed by atoms with van der Waals surface area (Å²) in [6.45, 7) is 0. The maximum Gasteiger partial charge on any atom is 0.165 e. The van der Waals surface area contributed by atoms with E-state index >= 15 is 0 Å². The highest BCUT2D eigenvalue weighted by molar-refractivity contribution is 8.23. The van der Waals surface area contributed by atoms with Crippen molar-refractivity contribution in [3.05, 3.63) is 0 Å². The van der Waals surface area contributed by atoms with Crippen LogP contribution in [0.4, 0.5) is 5.82 Å². The molecule has 0 radical (unpaired) electrons. The Hall–Kier alpha value is 0.0900. The molecule has 0 atom stereocenters. The molecule has 0 bridgehead atoms. The minimum atomic E-state index is 0.239. The van der Waals surface area contributed by atoms with Gasteiger partial charge >= 0.3 is 0 Å². The topological polar surface area (TPSA) is 64.7 Å². The summed E-state index contributed by atoms with van der Waals surface area (Å²) in [6.07, 6.45) is 0. The van der Waals surface area contributed by atoms with Crippen molar-refractivity contribution < 1.29 is 0 Å². The molecule has 0 saturated heterocycles. The maximum absolute atomic E-state index is 5.47. The van der Waals surface area contributed by atoms with E-state index < -0.39 is 0 Å². The molecule has 0 unspecified atom stereocenters. The zero-order valence-corrected chi connectivity index (χ0v) is 8.14. The Balaban J connectivity index is 3.13. The number of nitrogen functional groups attached to an aromatic ring is 1. The Morgan fingerprint density at radius 1 is 1.18 bits per heavy atom. The van der Waals surface area contributed by atoms with Crippen LogP contribution in [0, 0.1) is 0 Å². The van der Waals surface area contributed by atoms with Gasteiger partial charge in [-0.15, -0.1) is 10.2 Å². The van der Waals surface area contributed by atoms with Gasteiger partial charge in [0.1, 0.15) is 4.90 Å². The van der Waals surface area contributed by atoms with Crippen molar-refractivity contribution in [2.24, 2.45) is 0 Å². The lowest BCUT2D eigenvalue weighted by molar-refractivity contribution is 0.777. The van der Waals surface area contributed by atoms with Crippen molar-refractivity contribution in [2.75, 3.05) is 5.73 Å². The van der Waals surface area contributed by atoms with Crippen molar-refractivity contribution in [3.8, 4) is 0 Å². The average molecular weight is 229 g/mol. The zero-order valence-electron chi connectivity index (χ0n) is 4.99. The quantitative estimate of drug-likeness (QED) is 0.835. The van der Waals surface area contributed by atoms with Crippen molar-refractivity contribution in [1.82, 2.24) is 15.4 Å². The van der Waals surface area contributed by atoms with Crippen LogP contribution in [0.5, 0.6) is 0 Å². The van der Waals surface area contributed by atoms with E-state index in [-0.39, 0.29) is 5.82 Å². The van der Waals surface area contributed by atoms with Gasteiger partial charge in [-0.1, -0.05) is 0 Å². The van der Waals surface area contributed by atoms with Crippen LogP contribution in [-0.4, -0.2) is 15.4 Å². The van der Waals surface area contributed by atoms with Crippen molar-refractivity contribution in [3.63, 3.8) is 0 Å². The van der Waals surface area contributed by atoms with E-state index in [1.54, 1.807) is 0 Å². The maximum atomic E-state index is 5.47. The fourth-order valence-electron chi connectivity index (χ4n) is 0.435. The first-order valence-corrected chi connectivity index (χ1v) is 5.64. The monoisotopic (exact) mass is 228 g/mol. The Kier molecular flexibility index (Phi) is 3.50. The lowest BCUT2D eigenvalue weighted by Crippen LogP contribution is -1.98. The van der Waals surface area contributed by atoms with Crippen LogP contribution in [0.15, 0.2) is 9.92 Å². The summed E-state index contributed by atoms with van der Waals surface area (Å²) in [5, 5.41) is 10.9. The number of rotatable bonds is 2. The first kappa shape index (κ1) is 9.18. The summed E-state index contributed by atoms with van der Waals surface area (Å²) in [5.41, 5.74) is 5.42. The molecular formula is C3H2Cl2N4S2. The van der Waals surface area contributed by atoms with Crippen LogP contribution >= 0.6 is 43.3 Å². The predicted octanol–water partition coefficient (Wildman–Crippen LogP) is 1.95. The van der Waals surface area contributed by atoms with E-state index in [2.05, 4.69) is 15.4 Å². The first-order valence-electron chi connectivity index (χ1n) is 2.35. The van der Waals surface area contributed by atoms with Gasteiger partial charge in [0.2, 0.25) is 0 Å². The highest BCUT2D eigenvalue weighted by Crippen LogP contribution is 2.35. The zero-order chi connectivity index (χ0) is 8.27.